The minimum absolute atomic E-state index is 0.0460. The molecule has 3 N–H and O–H groups in total. The lowest BCUT2D eigenvalue weighted by atomic mass is 10.1. The average Bonchev–Trinajstić information content (AvgIpc) is 2.18. The number of hydrogen-bond donors (Lipinski definition) is 3. The molecule has 7 heteroatoms. The zero-order valence-corrected chi connectivity index (χ0v) is 11.4. The highest BCUT2D eigenvalue weighted by molar-refractivity contribution is 6.31. The van der Waals surface area contributed by atoms with Gasteiger partial charge in [-0.25, -0.2) is 9.59 Å². The largest absolute Gasteiger partial charge is 0.506 e. The van der Waals surface area contributed by atoms with Crippen molar-refractivity contribution >= 4 is 29.4 Å². The molecule has 0 atom stereocenters. The Hall–Kier alpha value is -1.95. The molecule has 0 heterocycles. The Balaban J connectivity index is 3.07. The van der Waals surface area contributed by atoms with E-state index in [1.807, 2.05) is 0 Å². The van der Waals surface area contributed by atoms with Gasteiger partial charge in [-0.05, 0) is 26.8 Å². The number of phenolic OH excluding ortho intramolecular Hbond substituents is 1. The van der Waals surface area contributed by atoms with E-state index >= 15 is 0 Å². The van der Waals surface area contributed by atoms with Crippen LogP contribution in [0.3, 0.4) is 0 Å². The summed E-state index contributed by atoms with van der Waals surface area (Å²) in [6.45, 7) is 4.98. The fourth-order valence-electron chi connectivity index (χ4n) is 1.30. The topological polar surface area (TPSA) is 95.9 Å². The highest BCUT2D eigenvalue weighted by Crippen LogP contribution is 2.31. The van der Waals surface area contributed by atoms with E-state index in [1.54, 1.807) is 20.8 Å². The Bertz CT molecular complexity index is 522. The number of carbonyl (C=O) groups excluding carboxylic acids is 1. The third-order valence-electron chi connectivity index (χ3n) is 1.94. The van der Waals surface area contributed by atoms with Crippen molar-refractivity contribution in [1.29, 1.82) is 0 Å². The molecule has 0 bridgehead atoms. The third-order valence-corrected chi connectivity index (χ3v) is 2.16. The van der Waals surface area contributed by atoms with E-state index in [0.29, 0.717) is 0 Å². The molecule has 0 radical (unpaired) electrons. The van der Waals surface area contributed by atoms with Crippen LogP contribution in [-0.4, -0.2) is 27.9 Å². The maximum absolute atomic E-state index is 11.6. The Morgan fingerprint density at radius 3 is 2.37 bits per heavy atom. The second kappa shape index (κ2) is 5.36. The van der Waals surface area contributed by atoms with Crippen LogP contribution in [0.5, 0.6) is 5.75 Å². The predicted molar refractivity (Wildman–Crippen MR) is 69.9 cm³/mol. The maximum Gasteiger partial charge on any atom is 0.412 e. The fraction of sp³-hybridized carbons (Fsp3) is 0.333. The zero-order chi connectivity index (χ0) is 14.8. The highest BCUT2D eigenvalue weighted by atomic mass is 35.5. The first-order chi connectivity index (χ1) is 8.60. The van der Waals surface area contributed by atoms with Gasteiger partial charge in [-0.15, -0.1) is 0 Å². The van der Waals surface area contributed by atoms with Gasteiger partial charge in [0, 0.05) is 11.1 Å². The van der Waals surface area contributed by atoms with Crippen LogP contribution < -0.4 is 5.32 Å². The summed E-state index contributed by atoms with van der Waals surface area (Å²) in [6.07, 6.45) is -0.868. The second-order valence-corrected chi connectivity index (χ2v) is 5.22. The summed E-state index contributed by atoms with van der Waals surface area (Å²) in [5, 5.41) is 20.9. The van der Waals surface area contributed by atoms with E-state index in [0.717, 1.165) is 12.1 Å². The molecule has 0 aliphatic heterocycles. The van der Waals surface area contributed by atoms with Gasteiger partial charge in [0.15, 0.2) is 0 Å². The van der Waals surface area contributed by atoms with Crippen molar-refractivity contribution in [2.24, 2.45) is 0 Å². The number of carboxylic acids is 1. The van der Waals surface area contributed by atoms with Crippen molar-refractivity contribution in [3.63, 3.8) is 0 Å². The van der Waals surface area contributed by atoms with Gasteiger partial charge < -0.3 is 14.9 Å². The quantitative estimate of drug-likeness (QED) is 0.726. The van der Waals surface area contributed by atoms with Gasteiger partial charge in [-0.1, -0.05) is 11.6 Å². The number of hydrogen-bond acceptors (Lipinski definition) is 4. The number of carbonyl (C=O) groups is 2. The van der Waals surface area contributed by atoms with Gasteiger partial charge in [0.1, 0.15) is 17.0 Å². The first-order valence-electron chi connectivity index (χ1n) is 5.36. The van der Waals surface area contributed by atoms with Gasteiger partial charge in [-0.3, -0.25) is 5.32 Å². The Morgan fingerprint density at radius 1 is 1.32 bits per heavy atom. The molecule has 19 heavy (non-hydrogen) atoms. The van der Waals surface area contributed by atoms with Crippen LogP contribution in [-0.2, 0) is 4.74 Å². The molecule has 0 aliphatic rings. The Morgan fingerprint density at radius 2 is 1.89 bits per heavy atom. The number of ether oxygens (including phenoxy) is 1. The number of benzene rings is 1. The lowest BCUT2D eigenvalue weighted by Gasteiger charge is -2.20. The molecule has 0 aliphatic carbocycles. The number of carboxylic acid groups (broad SMARTS) is 1. The summed E-state index contributed by atoms with van der Waals surface area (Å²) in [6, 6.07) is 2.25. The molecule has 1 rings (SSSR count). The standard InChI is InChI=1S/C12H14ClNO5/c1-12(2,3)19-11(18)14-9-7(10(16)17)4-6(13)5-8(9)15/h4-5,15H,1-3H3,(H,14,18)(H,16,17). The van der Waals surface area contributed by atoms with E-state index in [9.17, 15) is 14.7 Å². The summed E-state index contributed by atoms with van der Waals surface area (Å²) in [4.78, 5) is 22.6. The lowest BCUT2D eigenvalue weighted by Crippen LogP contribution is -2.27. The molecule has 0 saturated carbocycles. The van der Waals surface area contributed by atoms with Crippen LogP contribution in [0, 0.1) is 0 Å². The number of aromatic carboxylic acids is 1. The van der Waals surface area contributed by atoms with Crippen LogP contribution in [0.2, 0.25) is 5.02 Å². The summed E-state index contributed by atoms with van der Waals surface area (Å²) in [5.74, 6) is -1.78. The molecular weight excluding hydrogens is 274 g/mol. The Kier molecular flexibility index (Phi) is 4.26. The number of amides is 1. The van der Waals surface area contributed by atoms with Crippen LogP contribution in [0.4, 0.5) is 10.5 Å². The molecule has 0 fully saturated rings. The summed E-state index contributed by atoms with van der Waals surface area (Å²) >= 11 is 5.64. The van der Waals surface area contributed by atoms with Gasteiger partial charge in [-0.2, -0.15) is 0 Å². The second-order valence-electron chi connectivity index (χ2n) is 4.78. The van der Waals surface area contributed by atoms with Gasteiger partial charge in [0.2, 0.25) is 0 Å². The molecule has 6 nitrogen and oxygen atoms in total. The predicted octanol–water partition coefficient (Wildman–Crippen LogP) is 3.09. The monoisotopic (exact) mass is 287 g/mol. The Labute approximate surface area is 114 Å². The van der Waals surface area contributed by atoms with E-state index in [2.05, 4.69) is 5.32 Å². The molecular formula is C12H14ClNO5. The number of anilines is 1. The first kappa shape index (κ1) is 15.1. The fourth-order valence-corrected chi connectivity index (χ4v) is 1.51. The summed E-state index contributed by atoms with van der Waals surface area (Å²) < 4.78 is 4.97. The molecule has 104 valence electrons. The molecule has 1 aromatic carbocycles. The van der Waals surface area contributed by atoms with Crippen LogP contribution >= 0.6 is 11.6 Å². The number of nitrogens with one attached hydrogen (secondary N) is 1. The van der Waals surface area contributed by atoms with E-state index in [1.165, 1.54) is 0 Å². The number of halogens is 1. The molecule has 0 unspecified atom stereocenters. The number of rotatable bonds is 2. The van der Waals surface area contributed by atoms with Crippen molar-refractivity contribution in [2.75, 3.05) is 5.32 Å². The molecule has 1 aromatic rings. The maximum atomic E-state index is 11.6. The highest BCUT2D eigenvalue weighted by Gasteiger charge is 2.21. The minimum Gasteiger partial charge on any atom is -0.506 e. The summed E-state index contributed by atoms with van der Waals surface area (Å²) in [7, 11) is 0. The van der Waals surface area contributed by atoms with Crippen molar-refractivity contribution in [3.05, 3.63) is 22.7 Å². The third kappa shape index (κ3) is 4.33. The molecule has 1 amide bonds. The SMILES string of the molecule is CC(C)(C)OC(=O)Nc1c(O)cc(Cl)cc1C(=O)O. The van der Waals surface area contributed by atoms with Crippen molar-refractivity contribution in [2.45, 2.75) is 26.4 Å². The summed E-state index contributed by atoms with van der Waals surface area (Å²) in [5.41, 5.74) is -1.32. The van der Waals surface area contributed by atoms with Crippen molar-refractivity contribution < 1.29 is 24.5 Å². The van der Waals surface area contributed by atoms with E-state index in [-0.39, 0.29) is 16.3 Å². The van der Waals surface area contributed by atoms with Crippen molar-refractivity contribution in [3.8, 4) is 5.75 Å². The van der Waals surface area contributed by atoms with Crippen LogP contribution in [0.25, 0.3) is 0 Å². The normalized spacial score (nSPS) is 10.9. The molecule has 0 saturated heterocycles. The smallest absolute Gasteiger partial charge is 0.412 e. The molecule has 0 spiro atoms. The number of phenols is 1. The minimum atomic E-state index is -1.33. The van der Waals surface area contributed by atoms with Crippen LogP contribution in [0.15, 0.2) is 12.1 Å². The zero-order valence-electron chi connectivity index (χ0n) is 10.7. The van der Waals surface area contributed by atoms with Gasteiger partial charge in [0.05, 0.1) is 5.56 Å². The first-order valence-corrected chi connectivity index (χ1v) is 5.74. The molecule has 0 aromatic heterocycles. The lowest BCUT2D eigenvalue weighted by molar-refractivity contribution is 0.0635. The van der Waals surface area contributed by atoms with E-state index in [4.69, 9.17) is 21.4 Å². The number of aromatic hydroxyl groups is 1. The van der Waals surface area contributed by atoms with Crippen molar-refractivity contribution in [1.82, 2.24) is 0 Å². The van der Waals surface area contributed by atoms with Crippen LogP contribution in [0.1, 0.15) is 31.1 Å². The van der Waals surface area contributed by atoms with Gasteiger partial charge in [0.25, 0.3) is 0 Å². The van der Waals surface area contributed by atoms with E-state index < -0.39 is 23.4 Å². The van der Waals surface area contributed by atoms with Gasteiger partial charge >= 0.3 is 12.1 Å². The average molecular weight is 288 g/mol.